The number of ether oxygens (including phenoxy) is 2. The van der Waals surface area contributed by atoms with Crippen LogP contribution in [0.3, 0.4) is 0 Å². The van der Waals surface area contributed by atoms with Crippen LogP contribution in [0, 0.1) is 0 Å². The average Bonchev–Trinajstić information content (AvgIpc) is 3.28. The van der Waals surface area contributed by atoms with Crippen molar-refractivity contribution in [3.8, 4) is 11.3 Å². The van der Waals surface area contributed by atoms with Crippen molar-refractivity contribution < 1.29 is 18.7 Å². The Hall–Kier alpha value is -3.04. The monoisotopic (exact) mass is 423 g/mol. The third-order valence-corrected chi connectivity index (χ3v) is 5.87. The lowest BCUT2D eigenvalue weighted by Crippen LogP contribution is -2.46. The van der Waals surface area contributed by atoms with Gasteiger partial charge in [0, 0.05) is 18.7 Å². The van der Waals surface area contributed by atoms with Crippen molar-refractivity contribution in [1.29, 1.82) is 0 Å². The van der Waals surface area contributed by atoms with Crippen LogP contribution in [-0.4, -0.2) is 72.8 Å². The quantitative estimate of drug-likeness (QED) is 0.587. The third-order valence-electron chi connectivity index (χ3n) is 5.87. The lowest BCUT2D eigenvalue weighted by molar-refractivity contribution is 0.0973. The molecule has 2 aliphatic heterocycles. The van der Waals surface area contributed by atoms with Crippen molar-refractivity contribution in [2.24, 2.45) is 0 Å². The molecular formula is C22H25N5O4. The standard InChI is InChI=1S/C22H25N5O4/c1-14-12-29-9-6-26(14)21-17-3-4-18(16-5-8-31-19(16)11-28)23-20(17)24-22(25-21)27-7-10-30-13-15(27)2/h3-5,8,11,14-15H,6-7,9-10,12-13H2,1-2H3. The topological polar surface area (TPSA) is 93.8 Å². The molecule has 162 valence electrons. The fourth-order valence-corrected chi connectivity index (χ4v) is 4.17. The maximum atomic E-state index is 11.3. The first-order valence-electron chi connectivity index (χ1n) is 10.6. The Morgan fingerprint density at radius 2 is 1.71 bits per heavy atom. The van der Waals surface area contributed by atoms with Gasteiger partial charge in [-0.2, -0.15) is 9.97 Å². The van der Waals surface area contributed by atoms with Gasteiger partial charge in [-0.3, -0.25) is 4.79 Å². The van der Waals surface area contributed by atoms with Crippen molar-refractivity contribution in [1.82, 2.24) is 15.0 Å². The minimum atomic E-state index is 0.167. The zero-order chi connectivity index (χ0) is 21.4. The zero-order valence-corrected chi connectivity index (χ0v) is 17.7. The second-order valence-electron chi connectivity index (χ2n) is 7.97. The first-order chi connectivity index (χ1) is 15.2. The molecule has 31 heavy (non-hydrogen) atoms. The molecule has 5 rings (SSSR count). The highest BCUT2D eigenvalue weighted by molar-refractivity contribution is 5.91. The summed E-state index contributed by atoms with van der Waals surface area (Å²) in [6.07, 6.45) is 2.19. The van der Waals surface area contributed by atoms with E-state index in [1.807, 2.05) is 12.1 Å². The molecule has 2 atom stereocenters. The number of anilines is 2. The van der Waals surface area contributed by atoms with Crippen LogP contribution in [0.5, 0.6) is 0 Å². The van der Waals surface area contributed by atoms with Crippen LogP contribution in [0.1, 0.15) is 24.4 Å². The summed E-state index contributed by atoms with van der Waals surface area (Å²) < 4.78 is 16.5. The van der Waals surface area contributed by atoms with Crippen molar-refractivity contribution in [3.05, 3.63) is 30.2 Å². The number of fused-ring (bicyclic) bond motifs is 1. The van der Waals surface area contributed by atoms with Crippen molar-refractivity contribution in [3.63, 3.8) is 0 Å². The SMILES string of the molecule is CC1COCCN1c1nc(N2CCOCC2C)c2ccc(-c3ccoc3C=O)nc2n1. The highest BCUT2D eigenvalue weighted by atomic mass is 16.5. The van der Waals surface area contributed by atoms with E-state index >= 15 is 0 Å². The Bertz CT molecular complexity index is 1100. The summed E-state index contributed by atoms with van der Waals surface area (Å²) in [4.78, 5) is 30.4. The van der Waals surface area contributed by atoms with Gasteiger partial charge in [-0.05, 0) is 32.0 Å². The van der Waals surface area contributed by atoms with Gasteiger partial charge in [0.2, 0.25) is 5.95 Å². The highest BCUT2D eigenvalue weighted by Gasteiger charge is 2.27. The van der Waals surface area contributed by atoms with Crippen molar-refractivity contribution in [2.45, 2.75) is 25.9 Å². The molecule has 0 bridgehead atoms. The molecule has 2 aliphatic rings. The van der Waals surface area contributed by atoms with Gasteiger partial charge >= 0.3 is 0 Å². The number of pyridine rings is 1. The first kappa shape index (κ1) is 19.9. The van der Waals surface area contributed by atoms with E-state index in [1.165, 1.54) is 6.26 Å². The molecule has 2 unspecified atom stereocenters. The predicted molar refractivity (Wildman–Crippen MR) is 116 cm³/mol. The number of rotatable bonds is 4. The summed E-state index contributed by atoms with van der Waals surface area (Å²) in [5.41, 5.74) is 1.88. The molecule has 0 radical (unpaired) electrons. The van der Waals surface area contributed by atoms with E-state index < -0.39 is 0 Å². The number of carbonyl (C=O) groups excluding carboxylic acids is 1. The van der Waals surface area contributed by atoms with Crippen LogP contribution < -0.4 is 9.80 Å². The number of aromatic nitrogens is 3. The molecule has 2 saturated heterocycles. The molecule has 0 N–H and O–H groups in total. The maximum Gasteiger partial charge on any atom is 0.229 e. The number of hydrogen-bond donors (Lipinski definition) is 0. The Morgan fingerprint density at radius 1 is 0.968 bits per heavy atom. The fraction of sp³-hybridized carbons (Fsp3) is 0.455. The maximum absolute atomic E-state index is 11.3. The highest BCUT2D eigenvalue weighted by Crippen LogP contribution is 2.32. The molecular weight excluding hydrogens is 398 g/mol. The van der Waals surface area contributed by atoms with E-state index in [1.54, 1.807) is 6.07 Å². The Kier molecular flexibility index (Phi) is 5.29. The number of carbonyl (C=O) groups is 1. The second-order valence-corrected chi connectivity index (χ2v) is 7.97. The zero-order valence-electron chi connectivity index (χ0n) is 17.7. The van der Waals surface area contributed by atoms with Gasteiger partial charge < -0.3 is 23.7 Å². The van der Waals surface area contributed by atoms with E-state index in [9.17, 15) is 4.79 Å². The van der Waals surface area contributed by atoms with Crippen LogP contribution in [0.25, 0.3) is 22.3 Å². The van der Waals surface area contributed by atoms with E-state index in [0.29, 0.717) is 55.6 Å². The number of hydrogen-bond acceptors (Lipinski definition) is 9. The molecule has 0 spiro atoms. The van der Waals surface area contributed by atoms with Crippen LogP contribution in [0.15, 0.2) is 28.9 Å². The van der Waals surface area contributed by atoms with Crippen molar-refractivity contribution >= 4 is 29.1 Å². The molecule has 2 fully saturated rings. The summed E-state index contributed by atoms with van der Waals surface area (Å²) >= 11 is 0. The molecule has 3 aromatic heterocycles. The molecule has 9 nitrogen and oxygen atoms in total. The van der Waals surface area contributed by atoms with Crippen LogP contribution in [0.4, 0.5) is 11.8 Å². The summed E-state index contributed by atoms with van der Waals surface area (Å²) in [6.45, 7) is 8.30. The van der Waals surface area contributed by atoms with Crippen LogP contribution in [-0.2, 0) is 9.47 Å². The smallest absolute Gasteiger partial charge is 0.229 e. The van der Waals surface area contributed by atoms with Crippen molar-refractivity contribution in [2.75, 3.05) is 49.3 Å². The fourth-order valence-electron chi connectivity index (χ4n) is 4.17. The van der Waals surface area contributed by atoms with Gasteiger partial charge in [0.25, 0.3) is 0 Å². The minimum absolute atomic E-state index is 0.167. The minimum Gasteiger partial charge on any atom is -0.461 e. The number of nitrogens with zero attached hydrogens (tertiary/aromatic N) is 5. The second kappa shape index (κ2) is 8.24. The average molecular weight is 423 g/mol. The Balaban J connectivity index is 1.67. The predicted octanol–water partition coefficient (Wildman–Crippen LogP) is 2.55. The molecule has 0 saturated carbocycles. The molecule has 5 heterocycles. The van der Waals surface area contributed by atoms with Gasteiger partial charge in [0.15, 0.2) is 17.7 Å². The van der Waals surface area contributed by atoms with E-state index in [-0.39, 0.29) is 17.8 Å². The lowest BCUT2D eigenvalue weighted by Gasteiger charge is -2.37. The summed E-state index contributed by atoms with van der Waals surface area (Å²) in [6, 6.07) is 5.96. The Labute approximate surface area is 180 Å². The Morgan fingerprint density at radius 3 is 2.42 bits per heavy atom. The molecule has 0 amide bonds. The van der Waals surface area contributed by atoms with Crippen LogP contribution in [0.2, 0.25) is 0 Å². The molecule has 0 aliphatic carbocycles. The van der Waals surface area contributed by atoms with Crippen LogP contribution >= 0.6 is 0 Å². The summed E-state index contributed by atoms with van der Waals surface area (Å²) in [5, 5.41) is 0.873. The van der Waals surface area contributed by atoms with Gasteiger partial charge in [-0.1, -0.05) is 0 Å². The number of morpholine rings is 2. The number of aldehydes is 1. The van der Waals surface area contributed by atoms with Gasteiger partial charge in [-0.15, -0.1) is 0 Å². The lowest BCUT2D eigenvalue weighted by atomic mass is 10.1. The molecule has 9 heteroatoms. The van der Waals surface area contributed by atoms with E-state index in [4.69, 9.17) is 28.8 Å². The third kappa shape index (κ3) is 3.64. The van der Waals surface area contributed by atoms with E-state index in [2.05, 4.69) is 23.6 Å². The largest absolute Gasteiger partial charge is 0.461 e. The van der Waals surface area contributed by atoms with E-state index in [0.717, 1.165) is 24.3 Å². The molecule has 3 aromatic rings. The number of furan rings is 1. The molecule has 0 aromatic carbocycles. The normalized spacial score (nSPS) is 22.1. The first-order valence-corrected chi connectivity index (χ1v) is 10.6. The van der Waals surface area contributed by atoms with Gasteiger partial charge in [0.05, 0.1) is 55.9 Å². The summed E-state index contributed by atoms with van der Waals surface area (Å²) in [5.74, 6) is 1.76. The van der Waals surface area contributed by atoms with Gasteiger partial charge in [-0.25, -0.2) is 4.98 Å². The van der Waals surface area contributed by atoms with Gasteiger partial charge in [0.1, 0.15) is 5.82 Å². The summed E-state index contributed by atoms with van der Waals surface area (Å²) in [7, 11) is 0.